The highest BCUT2D eigenvalue weighted by molar-refractivity contribution is 6.06. The van der Waals surface area contributed by atoms with Crippen LogP contribution in [0.1, 0.15) is 17.4 Å². The molecule has 0 saturated heterocycles. The van der Waals surface area contributed by atoms with Crippen molar-refractivity contribution < 1.29 is 13.9 Å². The first kappa shape index (κ1) is 13.9. The van der Waals surface area contributed by atoms with Crippen LogP contribution in [-0.2, 0) is 6.54 Å². The van der Waals surface area contributed by atoms with Crippen LogP contribution in [0.25, 0.3) is 0 Å². The van der Waals surface area contributed by atoms with E-state index in [0.717, 1.165) is 0 Å². The number of carbonyl (C=O) groups excluding carboxylic acids is 1. The van der Waals surface area contributed by atoms with E-state index in [2.05, 4.69) is 10.4 Å². The molecule has 0 saturated carbocycles. The molecular formula is C13H15FN4O2. The number of nitrogens with two attached hydrogens (primary N) is 1. The molecule has 0 aliphatic rings. The number of methoxy groups -OCH3 is 1. The predicted octanol–water partition coefficient (Wildman–Crippen LogP) is 1.89. The van der Waals surface area contributed by atoms with Crippen LogP contribution in [0.5, 0.6) is 5.75 Å². The van der Waals surface area contributed by atoms with Gasteiger partial charge in [0.25, 0.3) is 5.91 Å². The van der Waals surface area contributed by atoms with Crippen LogP contribution in [0.3, 0.4) is 0 Å². The summed E-state index contributed by atoms with van der Waals surface area (Å²) < 4.78 is 19.7. The maximum atomic E-state index is 13.3. The standard InChI is InChI=1S/C13H15FN4O2/c1-3-18-7-10(15)12(17-18)13(19)16-8-4-5-9(14)11(6-8)20-2/h4-7H,3,15H2,1-2H3,(H,16,19). The fourth-order valence-corrected chi connectivity index (χ4v) is 1.70. The van der Waals surface area contributed by atoms with Crippen LogP contribution in [0.2, 0.25) is 0 Å². The molecular weight excluding hydrogens is 263 g/mol. The number of amides is 1. The van der Waals surface area contributed by atoms with Crippen LogP contribution < -0.4 is 15.8 Å². The number of ether oxygens (including phenoxy) is 1. The summed E-state index contributed by atoms with van der Waals surface area (Å²) in [6.07, 6.45) is 1.58. The van der Waals surface area contributed by atoms with Gasteiger partial charge in [-0.05, 0) is 19.1 Å². The number of aromatic nitrogens is 2. The zero-order valence-corrected chi connectivity index (χ0v) is 11.2. The molecule has 2 rings (SSSR count). The van der Waals surface area contributed by atoms with E-state index in [1.807, 2.05) is 6.92 Å². The molecule has 0 aliphatic heterocycles. The molecule has 1 aromatic carbocycles. The van der Waals surface area contributed by atoms with Crippen molar-refractivity contribution in [3.63, 3.8) is 0 Å². The van der Waals surface area contributed by atoms with Crippen LogP contribution in [0.15, 0.2) is 24.4 Å². The molecule has 0 aliphatic carbocycles. The summed E-state index contributed by atoms with van der Waals surface area (Å²) in [5.41, 5.74) is 6.55. The third-order valence-electron chi connectivity index (χ3n) is 2.74. The number of hydrogen-bond donors (Lipinski definition) is 2. The number of benzene rings is 1. The van der Waals surface area contributed by atoms with E-state index in [0.29, 0.717) is 17.9 Å². The fourth-order valence-electron chi connectivity index (χ4n) is 1.70. The molecule has 0 fully saturated rings. The molecule has 1 aromatic heterocycles. The second kappa shape index (κ2) is 5.60. The highest BCUT2D eigenvalue weighted by atomic mass is 19.1. The number of hydrogen-bond acceptors (Lipinski definition) is 4. The Morgan fingerprint density at radius 1 is 1.55 bits per heavy atom. The molecule has 0 atom stereocenters. The Kier molecular flexibility index (Phi) is 3.88. The average Bonchev–Trinajstić information content (AvgIpc) is 2.82. The zero-order chi connectivity index (χ0) is 14.7. The Balaban J connectivity index is 2.20. The van der Waals surface area contributed by atoms with Gasteiger partial charge in [-0.25, -0.2) is 4.39 Å². The number of carbonyl (C=O) groups is 1. The van der Waals surface area contributed by atoms with Gasteiger partial charge in [0.15, 0.2) is 17.3 Å². The van der Waals surface area contributed by atoms with Gasteiger partial charge < -0.3 is 15.8 Å². The number of anilines is 2. The number of halogens is 1. The van der Waals surface area contributed by atoms with Crippen LogP contribution in [0.4, 0.5) is 15.8 Å². The fraction of sp³-hybridized carbons (Fsp3) is 0.231. The summed E-state index contributed by atoms with van der Waals surface area (Å²) in [7, 11) is 1.35. The van der Waals surface area contributed by atoms with Crippen molar-refractivity contribution in [3.05, 3.63) is 35.9 Å². The minimum absolute atomic E-state index is 0.0508. The molecule has 6 nitrogen and oxygen atoms in total. The van der Waals surface area contributed by atoms with Crippen molar-refractivity contribution in [2.45, 2.75) is 13.5 Å². The summed E-state index contributed by atoms with van der Waals surface area (Å²) in [6.45, 7) is 2.50. The monoisotopic (exact) mass is 278 g/mol. The topological polar surface area (TPSA) is 82.2 Å². The lowest BCUT2D eigenvalue weighted by Gasteiger charge is -2.07. The number of aryl methyl sites for hydroxylation is 1. The quantitative estimate of drug-likeness (QED) is 0.894. The summed E-state index contributed by atoms with van der Waals surface area (Å²) >= 11 is 0. The van der Waals surface area contributed by atoms with Crippen molar-refractivity contribution >= 4 is 17.3 Å². The molecule has 2 aromatic rings. The van der Waals surface area contributed by atoms with Gasteiger partial charge in [0.1, 0.15) is 0 Å². The first-order valence-electron chi connectivity index (χ1n) is 6.03. The van der Waals surface area contributed by atoms with E-state index in [4.69, 9.17) is 10.5 Å². The van der Waals surface area contributed by atoms with Crippen LogP contribution >= 0.6 is 0 Å². The Bertz CT molecular complexity index is 639. The summed E-state index contributed by atoms with van der Waals surface area (Å²) in [4.78, 5) is 12.0. The lowest BCUT2D eigenvalue weighted by molar-refractivity contribution is 0.102. The van der Waals surface area contributed by atoms with E-state index in [9.17, 15) is 9.18 Å². The lowest BCUT2D eigenvalue weighted by atomic mass is 10.2. The molecule has 0 unspecified atom stereocenters. The van der Waals surface area contributed by atoms with Gasteiger partial charge in [-0.3, -0.25) is 9.48 Å². The highest BCUT2D eigenvalue weighted by Crippen LogP contribution is 2.22. The molecule has 0 bridgehead atoms. The smallest absolute Gasteiger partial charge is 0.278 e. The van der Waals surface area contributed by atoms with E-state index < -0.39 is 11.7 Å². The molecule has 3 N–H and O–H groups in total. The van der Waals surface area contributed by atoms with Gasteiger partial charge in [-0.2, -0.15) is 5.10 Å². The van der Waals surface area contributed by atoms with Crippen LogP contribution in [0, 0.1) is 5.82 Å². The van der Waals surface area contributed by atoms with Gasteiger partial charge in [0.2, 0.25) is 0 Å². The van der Waals surface area contributed by atoms with E-state index in [-0.39, 0.29) is 11.4 Å². The third kappa shape index (κ3) is 2.71. The van der Waals surface area contributed by atoms with Gasteiger partial charge in [-0.1, -0.05) is 0 Å². The summed E-state index contributed by atoms with van der Waals surface area (Å²) in [6, 6.07) is 4.03. The van der Waals surface area contributed by atoms with Crippen molar-refractivity contribution in [1.29, 1.82) is 0 Å². The minimum atomic E-state index is -0.500. The minimum Gasteiger partial charge on any atom is -0.494 e. The molecule has 0 radical (unpaired) electrons. The van der Waals surface area contributed by atoms with E-state index in [1.165, 1.54) is 25.3 Å². The summed E-state index contributed by atoms with van der Waals surface area (Å²) in [5, 5.41) is 6.66. The number of nitrogens with zero attached hydrogens (tertiary/aromatic N) is 2. The number of nitrogen functional groups attached to an aromatic ring is 1. The van der Waals surface area contributed by atoms with E-state index in [1.54, 1.807) is 10.9 Å². The second-order valence-corrected chi connectivity index (χ2v) is 4.09. The van der Waals surface area contributed by atoms with Crippen molar-refractivity contribution in [2.24, 2.45) is 0 Å². The normalized spacial score (nSPS) is 10.3. The number of rotatable bonds is 4. The summed E-state index contributed by atoms with van der Waals surface area (Å²) in [5.74, 6) is -0.904. The van der Waals surface area contributed by atoms with Crippen molar-refractivity contribution in [3.8, 4) is 5.75 Å². The Labute approximate surface area is 115 Å². The van der Waals surface area contributed by atoms with Gasteiger partial charge in [0.05, 0.1) is 12.8 Å². The second-order valence-electron chi connectivity index (χ2n) is 4.09. The first-order chi connectivity index (χ1) is 9.55. The lowest BCUT2D eigenvalue weighted by Crippen LogP contribution is -2.15. The third-order valence-corrected chi connectivity index (χ3v) is 2.74. The molecule has 106 valence electrons. The van der Waals surface area contributed by atoms with Crippen molar-refractivity contribution in [1.82, 2.24) is 9.78 Å². The predicted molar refractivity (Wildman–Crippen MR) is 73.2 cm³/mol. The maximum absolute atomic E-state index is 13.3. The van der Waals surface area contributed by atoms with Gasteiger partial charge in [0, 0.05) is 24.5 Å². The maximum Gasteiger partial charge on any atom is 0.278 e. The van der Waals surface area contributed by atoms with Crippen molar-refractivity contribution in [2.75, 3.05) is 18.2 Å². The highest BCUT2D eigenvalue weighted by Gasteiger charge is 2.15. The SMILES string of the molecule is CCn1cc(N)c(C(=O)Nc2ccc(F)c(OC)c2)n1. The van der Waals surface area contributed by atoms with Gasteiger partial charge >= 0.3 is 0 Å². The molecule has 0 spiro atoms. The van der Waals surface area contributed by atoms with E-state index >= 15 is 0 Å². The molecule has 1 amide bonds. The molecule has 7 heteroatoms. The Morgan fingerprint density at radius 2 is 2.30 bits per heavy atom. The Morgan fingerprint density at radius 3 is 2.90 bits per heavy atom. The average molecular weight is 278 g/mol. The largest absolute Gasteiger partial charge is 0.494 e. The zero-order valence-electron chi connectivity index (χ0n) is 11.2. The molecule has 20 heavy (non-hydrogen) atoms. The van der Waals surface area contributed by atoms with Gasteiger partial charge in [-0.15, -0.1) is 0 Å². The first-order valence-corrected chi connectivity index (χ1v) is 6.03. The van der Waals surface area contributed by atoms with Crippen LogP contribution in [-0.4, -0.2) is 22.8 Å². The Hall–Kier alpha value is -2.57. The number of nitrogens with one attached hydrogen (secondary N) is 1. The molecule has 1 heterocycles.